The summed E-state index contributed by atoms with van der Waals surface area (Å²) in [6.45, 7) is 3.99. The molecule has 2 aromatic carbocycles. The van der Waals surface area contributed by atoms with E-state index in [9.17, 15) is 4.79 Å². The summed E-state index contributed by atoms with van der Waals surface area (Å²) in [6.07, 6.45) is 8.03. The van der Waals surface area contributed by atoms with Crippen LogP contribution in [0.3, 0.4) is 0 Å². The van der Waals surface area contributed by atoms with Crippen LogP contribution in [-0.2, 0) is 63.3 Å². The summed E-state index contributed by atoms with van der Waals surface area (Å²) >= 11 is 0. The molecule has 0 bridgehead atoms. The number of nitrogens with zero attached hydrogens (tertiary/aromatic N) is 1. The maximum absolute atomic E-state index is 13.1. The van der Waals surface area contributed by atoms with Gasteiger partial charge in [-0.3, -0.25) is 4.79 Å². The first kappa shape index (κ1) is 20.9. The molecule has 2 aliphatic rings. The van der Waals surface area contributed by atoms with Gasteiger partial charge >= 0.3 is 0 Å². The molecule has 0 aromatic heterocycles. The van der Waals surface area contributed by atoms with Crippen LogP contribution in [0.5, 0.6) is 0 Å². The van der Waals surface area contributed by atoms with Crippen molar-refractivity contribution in [1.29, 1.82) is 0 Å². The van der Waals surface area contributed by atoms with E-state index in [1.54, 1.807) is 0 Å². The number of ketones is 1. The van der Waals surface area contributed by atoms with E-state index in [4.69, 9.17) is 0 Å². The largest absolute Gasteiger partial charge is 0.314 e. The van der Waals surface area contributed by atoms with E-state index in [2.05, 4.69) is 48.5 Å². The molecule has 3 heteroatoms. The fourth-order valence-corrected chi connectivity index (χ4v) is 5.03. The quantitative estimate of drug-likeness (QED) is 0.609. The minimum absolute atomic E-state index is 0. The molecule has 0 atom stereocenters. The number of rotatable bonds is 6. The predicted octanol–water partition coefficient (Wildman–Crippen LogP) is 4.49. The van der Waals surface area contributed by atoms with Crippen LogP contribution in [0, 0.1) is 0 Å². The Morgan fingerprint density at radius 3 is 2.41 bits per heavy atom. The van der Waals surface area contributed by atoms with E-state index < -0.39 is 0 Å². The summed E-state index contributed by atoms with van der Waals surface area (Å²) in [5.74, 6) is 0.420. The van der Waals surface area contributed by atoms with E-state index in [1.807, 2.05) is 0 Å². The summed E-state index contributed by atoms with van der Waals surface area (Å²) in [4.78, 5) is 13.1. The molecule has 1 aliphatic carbocycles. The fourth-order valence-electron chi connectivity index (χ4n) is 5.03. The standard InChI is InChI=1S/C24H30NO.Y/c26-23(17-22-13-7-11-21-12-8-14-24(21)22)19-25(15-5-2-6-16-25)18-20-9-3-1-4-10-20;/h1,3-4,7,9-11,13H,2,5-6,8,12,14-19H2;/q+1;. The molecule has 1 heterocycles. The smallest absolute Gasteiger partial charge is 0.191 e. The van der Waals surface area contributed by atoms with Gasteiger partial charge in [-0.05, 0) is 55.2 Å². The number of carbonyl (C=O) groups is 1. The Bertz CT molecular complexity index is 765. The number of hydrogen-bond acceptors (Lipinski definition) is 1. The van der Waals surface area contributed by atoms with Crippen LogP contribution >= 0.6 is 0 Å². The molecule has 0 unspecified atom stereocenters. The molecule has 1 saturated heterocycles. The minimum Gasteiger partial charge on any atom is -0.314 e. The van der Waals surface area contributed by atoms with Crippen LogP contribution in [0.15, 0.2) is 48.5 Å². The zero-order chi connectivity index (χ0) is 17.8. The van der Waals surface area contributed by atoms with Crippen molar-refractivity contribution in [2.45, 2.75) is 51.5 Å². The Labute approximate surface area is 188 Å². The molecule has 4 rings (SSSR count). The Morgan fingerprint density at radius 2 is 1.63 bits per heavy atom. The van der Waals surface area contributed by atoms with Crippen molar-refractivity contribution in [3.63, 3.8) is 0 Å². The van der Waals surface area contributed by atoms with Crippen LogP contribution < -0.4 is 0 Å². The van der Waals surface area contributed by atoms with Gasteiger partial charge in [-0.15, -0.1) is 0 Å². The summed E-state index contributed by atoms with van der Waals surface area (Å²) in [5.41, 5.74) is 5.60. The Morgan fingerprint density at radius 1 is 0.852 bits per heavy atom. The molecular formula is C24H30NOY+. The van der Waals surface area contributed by atoms with Crippen molar-refractivity contribution in [3.05, 3.63) is 70.8 Å². The van der Waals surface area contributed by atoms with Crippen molar-refractivity contribution in [2.75, 3.05) is 19.6 Å². The van der Waals surface area contributed by atoms with E-state index in [0.29, 0.717) is 18.7 Å². The van der Waals surface area contributed by atoms with E-state index >= 15 is 0 Å². The number of carbonyl (C=O) groups excluding carboxylic acids is 1. The second kappa shape index (κ2) is 9.59. The molecule has 0 N–H and O–H groups in total. The van der Waals surface area contributed by atoms with Crippen LogP contribution in [0.1, 0.15) is 47.9 Å². The second-order valence-corrected chi connectivity index (χ2v) is 8.28. The average molecular weight is 437 g/mol. The van der Waals surface area contributed by atoms with Crippen molar-refractivity contribution in [1.82, 2.24) is 0 Å². The molecule has 0 spiro atoms. The van der Waals surface area contributed by atoms with Gasteiger partial charge in [-0.2, -0.15) is 0 Å². The van der Waals surface area contributed by atoms with Gasteiger partial charge in [0.25, 0.3) is 0 Å². The summed E-state index contributed by atoms with van der Waals surface area (Å²) in [6, 6.07) is 17.3. The number of benzene rings is 2. The topological polar surface area (TPSA) is 17.1 Å². The monoisotopic (exact) mass is 437 g/mol. The van der Waals surface area contributed by atoms with Gasteiger partial charge in [0.2, 0.25) is 0 Å². The summed E-state index contributed by atoms with van der Waals surface area (Å²) in [7, 11) is 0. The van der Waals surface area contributed by atoms with Crippen molar-refractivity contribution in [3.8, 4) is 0 Å². The van der Waals surface area contributed by atoms with Gasteiger partial charge < -0.3 is 4.48 Å². The van der Waals surface area contributed by atoms with Crippen LogP contribution in [0.25, 0.3) is 0 Å². The number of piperidine rings is 1. The number of fused-ring (bicyclic) bond motifs is 1. The second-order valence-electron chi connectivity index (χ2n) is 8.28. The number of hydrogen-bond donors (Lipinski definition) is 0. The van der Waals surface area contributed by atoms with E-state index in [1.165, 1.54) is 54.4 Å². The third-order valence-electron chi connectivity index (χ3n) is 6.27. The SMILES string of the molecule is O=C(Cc1cccc2c1CCC2)C[N+]1(Cc2ccccc2)CCCCC1.[Y]. The fraction of sp³-hybridized carbons (Fsp3) is 0.458. The zero-order valence-corrected chi connectivity index (χ0v) is 19.2. The molecule has 0 saturated carbocycles. The first-order chi connectivity index (χ1) is 12.7. The number of Topliss-reactive ketones (excluding diaryl/α,β-unsaturated/α-hetero) is 1. The molecule has 1 fully saturated rings. The van der Waals surface area contributed by atoms with Crippen molar-refractivity contribution >= 4 is 5.78 Å². The third kappa shape index (κ3) is 5.16. The maximum atomic E-state index is 13.1. The van der Waals surface area contributed by atoms with Crippen LogP contribution in [0.4, 0.5) is 0 Å². The molecule has 1 radical (unpaired) electrons. The Kier molecular flexibility index (Phi) is 7.42. The van der Waals surface area contributed by atoms with Gasteiger partial charge in [0, 0.05) is 44.7 Å². The maximum Gasteiger partial charge on any atom is 0.191 e. The molecule has 1 aliphatic heterocycles. The van der Waals surface area contributed by atoms with E-state index in [0.717, 1.165) is 30.5 Å². The molecular weight excluding hydrogens is 407 g/mol. The van der Waals surface area contributed by atoms with Crippen LogP contribution in [0.2, 0.25) is 0 Å². The number of aryl methyl sites for hydroxylation is 1. The van der Waals surface area contributed by atoms with Gasteiger partial charge in [-0.25, -0.2) is 0 Å². The first-order valence-electron chi connectivity index (χ1n) is 10.2. The predicted molar refractivity (Wildman–Crippen MR) is 106 cm³/mol. The van der Waals surface area contributed by atoms with E-state index in [-0.39, 0.29) is 32.7 Å². The van der Waals surface area contributed by atoms with Gasteiger partial charge in [0.1, 0.15) is 13.1 Å². The first-order valence-corrected chi connectivity index (χ1v) is 10.2. The molecule has 139 valence electrons. The number of likely N-dealkylation sites (tertiary alicyclic amines) is 1. The van der Waals surface area contributed by atoms with Crippen molar-refractivity contribution < 1.29 is 42.0 Å². The third-order valence-corrected chi connectivity index (χ3v) is 6.27. The summed E-state index contributed by atoms with van der Waals surface area (Å²) < 4.78 is 0.956. The normalized spacial score (nSPS) is 17.8. The molecule has 27 heavy (non-hydrogen) atoms. The molecule has 0 amide bonds. The average Bonchev–Trinajstić information content (AvgIpc) is 3.13. The summed E-state index contributed by atoms with van der Waals surface area (Å²) in [5, 5.41) is 0. The zero-order valence-electron chi connectivity index (χ0n) is 16.3. The minimum atomic E-state index is 0. The number of quaternary nitrogens is 1. The van der Waals surface area contributed by atoms with Gasteiger partial charge in [0.05, 0.1) is 13.1 Å². The van der Waals surface area contributed by atoms with Crippen LogP contribution in [-0.4, -0.2) is 29.9 Å². The van der Waals surface area contributed by atoms with Crippen molar-refractivity contribution in [2.24, 2.45) is 0 Å². The Balaban J connectivity index is 0.00000210. The molecule has 2 aromatic rings. The Hall–Kier alpha value is -0.826. The van der Waals surface area contributed by atoms with Gasteiger partial charge in [-0.1, -0.05) is 48.5 Å². The molecule has 2 nitrogen and oxygen atoms in total. The van der Waals surface area contributed by atoms with Gasteiger partial charge in [0.15, 0.2) is 5.78 Å².